The molecule has 0 bridgehead atoms. The monoisotopic (exact) mass is 404 g/mol. The molecule has 0 radical (unpaired) electrons. The maximum Gasteiger partial charge on any atom is 0.338 e. The van der Waals surface area contributed by atoms with E-state index in [-0.39, 0.29) is 22.9 Å². The molecule has 0 saturated heterocycles. The second kappa shape index (κ2) is 8.15. The van der Waals surface area contributed by atoms with Crippen LogP contribution < -0.4 is 4.74 Å². The van der Waals surface area contributed by atoms with Crippen LogP contribution in [0.5, 0.6) is 5.75 Å². The summed E-state index contributed by atoms with van der Waals surface area (Å²) in [4.78, 5) is 26.8. The molecule has 0 fully saturated rings. The number of esters is 1. The van der Waals surface area contributed by atoms with Crippen molar-refractivity contribution in [1.82, 2.24) is 4.98 Å². The average molecular weight is 405 g/mol. The lowest BCUT2D eigenvalue weighted by Gasteiger charge is -2.04. The summed E-state index contributed by atoms with van der Waals surface area (Å²) in [5.74, 6) is 0.0651. The van der Waals surface area contributed by atoms with Crippen LogP contribution in [0.25, 0.3) is 10.6 Å². The quantitative estimate of drug-likeness (QED) is 0.335. The molecule has 3 rings (SSSR count). The van der Waals surface area contributed by atoms with Crippen LogP contribution in [0.1, 0.15) is 16.1 Å². The number of nitro groups is 1. The van der Waals surface area contributed by atoms with E-state index < -0.39 is 10.9 Å². The average Bonchev–Trinajstić information content (AvgIpc) is 3.15. The molecule has 1 heterocycles. The zero-order valence-corrected chi connectivity index (χ0v) is 15.6. The zero-order chi connectivity index (χ0) is 19.4. The highest BCUT2D eigenvalue weighted by atomic mass is 35.5. The van der Waals surface area contributed by atoms with Crippen LogP contribution in [0.4, 0.5) is 5.69 Å². The van der Waals surface area contributed by atoms with Gasteiger partial charge in [-0.1, -0.05) is 11.6 Å². The van der Waals surface area contributed by atoms with E-state index in [0.717, 1.165) is 22.4 Å². The van der Waals surface area contributed by atoms with Gasteiger partial charge in [-0.05, 0) is 36.4 Å². The predicted octanol–water partition coefficient (Wildman–Crippen LogP) is 4.74. The van der Waals surface area contributed by atoms with Crippen LogP contribution in [-0.2, 0) is 11.3 Å². The van der Waals surface area contributed by atoms with Crippen molar-refractivity contribution in [3.63, 3.8) is 0 Å². The molecule has 0 unspecified atom stereocenters. The molecule has 3 aromatic rings. The van der Waals surface area contributed by atoms with Crippen molar-refractivity contribution >= 4 is 34.6 Å². The van der Waals surface area contributed by atoms with Gasteiger partial charge >= 0.3 is 5.97 Å². The number of nitrogens with zero attached hydrogens (tertiary/aromatic N) is 2. The van der Waals surface area contributed by atoms with Crippen LogP contribution in [0, 0.1) is 10.1 Å². The van der Waals surface area contributed by atoms with Gasteiger partial charge in [-0.25, -0.2) is 9.78 Å². The highest BCUT2D eigenvalue weighted by molar-refractivity contribution is 7.13. The van der Waals surface area contributed by atoms with Crippen molar-refractivity contribution in [1.29, 1.82) is 0 Å². The van der Waals surface area contributed by atoms with Gasteiger partial charge in [-0.3, -0.25) is 10.1 Å². The zero-order valence-electron chi connectivity index (χ0n) is 14.0. The number of benzene rings is 2. The summed E-state index contributed by atoms with van der Waals surface area (Å²) < 4.78 is 10.3. The van der Waals surface area contributed by atoms with Gasteiger partial charge in [0.1, 0.15) is 22.4 Å². The second-order valence-corrected chi connectivity index (χ2v) is 6.64. The summed E-state index contributed by atoms with van der Waals surface area (Å²) in [5, 5.41) is 13.4. The highest BCUT2D eigenvalue weighted by Crippen LogP contribution is 2.27. The van der Waals surface area contributed by atoms with Crippen molar-refractivity contribution in [2.45, 2.75) is 6.61 Å². The molecule has 27 heavy (non-hydrogen) atoms. The topological polar surface area (TPSA) is 91.6 Å². The molecule has 2 aromatic carbocycles. The van der Waals surface area contributed by atoms with Crippen LogP contribution in [0.15, 0.2) is 47.8 Å². The van der Waals surface area contributed by atoms with E-state index in [9.17, 15) is 14.9 Å². The van der Waals surface area contributed by atoms with E-state index in [2.05, 4.69) is 4.98 Å². The Labute approximate surface area is 163 Å². The number of hydrogen-bond donors (Lipinski definition) is 0. The van der Waals surface area contributed by atoms with E-state index in [1.54, 1.807) is 12.5 Å². The van der Waals surface area contributed by atoms with Gasteiger partial charge in [0.05, 0.1) is 23.3 Å². The summed E-state index contributed by atoms with van der Waals surface area (Å²) >= 11 is 7.16. The number of hydrogen-bond acceptors (Lipinski definition) is 7. The molecule has 0 aliphatic rings. The number of nitro benzene ring substituents is 1. The van der Waals surface area contributed by atoms with Gasteiger partial charge in [0.15, 0.2) is 0 Å². The molecule has 1 aromatic heterocycles. The molecule has 0 spiro atoms. The Hall–Kier alpha value is -2.97. The summed E-state index contributed by atoms with van der Waals surface area (Å²) in [6, 6.07) is 11.2. The van der Waals surface area contributed by atoms with Gasteiger partial charge in [0, 0.05) is 17.0 Å². The Bertz CT molecular complexity index is 988. The van der Waals surface area contributed by atoms with E-state index in [1.165, 1.54) is 23.5 Å². The standard InChI is InChI=1S/C18H13ClN2O5S/c1-25-14-5-2-11(3-6-14)17-20-13(10-27-17)9-26-18(22)12-4-7-15(19)16(8-12)21(23)24/h2-8,10H,9H2,1H3. The molecule has 0 atom stereocenters. The molecule has 7 nitrogen and oxygen atoms in total. The molecule has 138 valence electrons. The third-order valence-corrected chi connectivity index (χ3v) is 4.88. The molecule has 0 aliphatic carbocycles. The minimum absolute atomic E-state index is 0.0398. The Kier molecular flexibility index (Phi) is 5.68. The van der Waals surface area contributed by atoms with Crippen LogP contribution in [-0.4, -0.2) is 23.0 Å². The van der Waals surface area contributed by atoms with Crippen molar-refractivity contribution in [3.8, 4) is 16.3 Å². The van der Waals surface area contributed by atoms with Gasteiger partial charge in [0.25, 0.3) is 5.69 Å². The Morgan fingerprint density at radius 3 is 2.67 bits per heavy atom. The van der Waals surface area contributed by atoms with Crippen molar-refractivity contribution in [3.05, 3.63) is 74.2 Å². The summed E-state index contributed by atoms with van der Waals surface area (Å²) in [6.45, 7) is -0.0398. The third kappa shape index (κ3) is 4.42. The number of carbonyl (C=O) groups is 1. The lowest BCUT2D eigenvalue weighted by Crippen LogP contribution is -2.06. The minimum Gasteiger partial charge on any atom is -0.497 e. The molecule has 0 saturated carbocycles. The van der Waals surface area contributed by atoms with Gasteiger partial charge in [-0.2, -0.15) is 0 Å². The second-order valence-electron chi connectivity index (χ2n) is 5.37. The number of halogens is 1. The fourth-order valence-electron chi connectivity index (χ4n) is 2.24. The van der Waals surface area contributed by atoms with Gasteiger partial charge < -0.3 is 9.47 Å². The Morgan fingerprint density at radius 1 is 1.26 bits per heavy atom. The smallest absolute Gasteiger partial charge is 0.338 e. The number of thiazole rings is 1. The Morgan fingerprint density at radius 2 is 2.00 bits per heavy atom. The first kappa shape index (κ1) is 18.8. The number of aromatic nitrogens is 1. The van der Waals surface area contributed by atoms with Crippen molar-refractivity contribution in [2.75, 3.05) is 7.11 Å². The first-order valence-corrected chi connectivity index (χ1v) is 8.93. The highest BCUT2D eigenvalue weighted by Gasteiger charge is 2.17. The molecular formula is C18H13ClN2O5S. The lowest BCUT2D eigenvalue weighted by molar-refractivity contribution is -0.384. The summed E-state index contributed by atoms with van der Waals surface area (Å²) in [5.41, 5.74) is 1.22. The predicted molar refractivity (Wildman–Crippen MR) is 101 cm³/mol. The van der Waals surface area contributed by atoms with Crippen LogP contribution >= 0.6 is 22.9 Å². The lowest BCUT2D eigenvalue weighted by atomic mass is 10.2. The van der Waals surface area contributed by atoms with Crippen LogP contribution in [0.3, 0.4) is 0 Å². The van der Waals surface area contributed by atoms with E-state index in [1.807, 2.05) is 24.3 Å². The fourth-order valence-corrected chi connectivity index (χ4v) is 3.24. The van der Waals surface area contributed by atoms with Crippen molar-refractivity contribution < 1.29 is 19.2 Å². The molecule has 0 aliphatic heterocycles. The first-order valence-electron chi connectivity index (χ1n) is 7.68. The fraction of sp³-hybridized carbons (Fsp3) is 0.111. The summed E-state index contributed by atoms with van der Waals surface area (Å²) in [7, 11) is 1.60. The number of methoxy groups -OCH3 is 1. The van der Waals surface area contributed by atoms with E-state index in [0.29, 0.717) is 5.69 Å². The molecule has 0 amide bonds. The van der Waals surface area contributed by atoms with Crippen LogP contribution in [0.2, 0.25) is 5.02 Å². The van der Waals surface area contributed by atoms with Gasteiger partial charge in [-0.15, -0.1) is 11.3 Å². The normalized spacial score (nSPS) is 10.4. The molecule has 0 N–H and O–H groups in total. The van der Waals surface area contributed by atoms with E-state index in [4.69, 9.17) is 21.1 Å². The molecular weight excluding hydrogens is 392 g/mol. The third-order valence-electron chi connectivity index (χ3n) is 3.62. The van der Waals surface area contributed by atoms with Gasteiger partial charge in [0.2, 0.25) is 0 Å². The number of ether oxygens (including phenoxy) is 2. The van der Waals surface area contributed by atoms with Crippen molar-refractivity contribution in [2.24, 2.45) is 0 Å². The largest absolute Gasteiger partial charge is 0.497 e. The number of rotatable bonds is 6. The molecule has 9 heteroatoms. The summed E-state index contributed by atoms with van der Waals surface area (Å²) in [6.07, 6.45) is 0. The van der Waals surface area contributed by atoms with E-state index >= 15 is 0 Å². The maximum absolute atomic E-state index is 12.1. The SMILES string of the molecule is COc1ccc(-c2nc(COC(=O)c3ccc(Cl)c([N+](=O)[O-])c3)cs2)cc1. The Balaban J connectivity index is 1.67. The number of carbonyl (C=O) groups excluding carboxylic acids is 1. The maximum atomic E-state index is 12.1. The minimum atomic E-state index is -0.686. The first-order chi connectivity index (χ1) is 13.0.